The van der Waals surface area contributed by atoms with Crippen LogP contribution in [0.2, 0.25) is 0 Å². The SMILES string of the molecule is CCNC(=O)Nc1ccc(-c2nc3c(c(N4CCOCC4)n2)C(C(C)(C)C)CN(C(=O)O)[C@@H]3C/C=C/C(=O)OCC)cc1. The Morgan fingerprint density at radius 1 is 1.12 bits per heavy atom. The minimum absolute atomic E-state index is 0.181. The summed E-state index contributed by atoms with van der Waals surface area (Å²) in [7, 11) is 0. The van der Waals surface area contributed by atoms with Crippen LogP contribution < -0.4 is 15.5 Å². The molecule has 1 aromatic carbocycles. The van der Waals surface area contributed by atoms with Gasteiger partial charge in [-0.25, -0.2) is 24.4 Å². The molecule has 1 aromatic heterocycles. The van der Waals surface area contributed by atoms with Crippen molar-refractivity contribution in [2.45, 2.75) is 53.0 Å². The number of rotatable bonds is 8. The summed E-state index contributed by atoms with van der Waals surface area (Å²) in [6.45, 7) is 13.3. The van der Waals surface area contributed by atoms with E-state index in [0.717, 1.165) is 16.9 Å². The highest BCUT2D eigenvalue weighted by Gasteiger charge is 2.44. The van der Waals surface area contributed by atoms with Crippen molar-refractivity contribution in [2.24, 2.45) is 5.41 Å². The van der Waals surface area contributed by atoms with Crippen LogP contribution in [0, 0.1) is 5.41 Å². The maximum absolute atomic E-state index is 12.7. The van der Waals surface area contributed by atoms with Gasteiger partial charge in [-0.15, -0.1) is 0 Å². The van der Waals surface area contributed by atoms with Crippen LogP contribution in [0.3, 0.4) is 0 Å². The summed E-state index contributed by atoms with van der Waals surface area (Å²) in [5.41, 5.74) is 2.59. The van der Waals surface area contributed by atoms with Gasteiger partial charge in [0.1, 0.15) is 5.82 Å². The van der Waals surface area contributed by atoms with E-state index >= 15 is 0 Å². The number of morpholine rings is 1. The van der Waals surface area contributed by atoms with Crippen LogP contribution in [0.1, 0.15) is 64.3 Å². The zero-order valence-electron chi connectivity index (χ0n) is 25.6. The van der Waals surface area contributed by atoms with Gasteiger partial charge in [-0.2, -0.15) is 0 Å². The van der Waals surface area contributed by atoms with Gasteiger partial charge < -0.3 is 30.1 Å². The molecule has 3 heterocycles. The number of urea groups is 1. The fourth-order valence-corrected chi connectivity index (χ4v) is 5.45. The third-order valence-electron chi connectivity index (χ3n) is 7.61. The van der Waals surface area contributed by atoms with E-state index in [9.17, 15) is 19.5 Å². The molecular weight excluding hydrogens is 552 g/mol. The number of anilines is 2. The quantitative estimate of drug-likeness (QED) is 0.290. The molecule has 12 nitrogen and oxygen atoms in total. The summed E-state index contributed by atoms with van der Waals surface area (Å²) in [5, 5.41) is 15.9. The second-order valence-corrected chi connectivity index (χ2v) is 11.6. The summed E-state index contributed by atoms with van der Waals surface area (Å²) in [6.07, 6.45) is 2.18. The van der Waals surface area contributed by atoms with Gasteiger partial charge in [0, 0.05) is 55.0 Å². The lowest BCUT2D eigenvalue weighted by Gasteiger charge is -2.45. The first-order valence-electron chi connectivity index (χ1n) is 14.8. The standard InChI is InChI=1S/C31H42N6O6/c1-6-32-29(39)33-21-13-11-20(12-14-21)27-34-26-23(9-8-10-24(38)43-7-2)37(30(40)41)19-22(31(3,4)5)25(26)28(35-27)36-15-17-42-18-16-36/h8,10-14,22-23H,6-7,9,15-19H2,1-5H3,(H,40,41)(H2,32,33,39)/b10-8+/t22?,23-/m1/s1. The van der Waals surface area contributed by atoms with Crippen LogP contribution in [0.5, 0.6) is 0 Å². The average Bonchev–Trinajstić information content (AvgIpc) is 2.97. The van der Waals surface area contributed by atoms with Gasteiger partial charge >= 0.3 is 18.1 Å². The molecule has 2 aliphatic rings. The number of nitrogens with one attached hydrogen (secondary N) is 2. The zero-order chi connectivity index (χ0) is 31.1. The number of esters is 1. The number of carboxylic acid groups (broad SMARTS) is 1. The van der Waals surface area contributed by atoms with E-state index < -0.39 is 18.1 Å². The van der Waals surface area contributed by atoms with Crippen molar-refractivity contribution in [3.05, 3.63) is 47.7 Å². The van der Waals surface area contributed by atoms with E-state index in [4.69, 9.17) is 19.4 Å². The fourth-order valence-electron chi connectivity index (χ4n) is 5.45. The van der Waals surface area contributed by atoms with E-state index in [1.807, 2.05) is 19.1 Å². The minimum atomic E-state index is -1.05. The Morgan fingerprint density at radius 2 is 1.81 bits per heavy atom. The van der Waals surface area contributed by atoms with E-state index in [2.05, 4.69) is 36.3 Å². The minimum Gasteiger partial charge on any atom is -0.465 e. The number of hydrogen-bond donors (Lipinski definition) is 3. The Morgan fingerprint density at radius 3 is 2.42 bits per heavy atom. The third-order valence-corrected chi connectivity index (χ3v) is 7.61. The lowest BCUT2D eigenvalue weighted by molar-refractivity contribution is -0.137. The van der Waals surface area contributed by atoms with Crippen molar-refractivity contribution < 1.29 is 29.0 Å². The molecule has 43 heavy (non-hydrogen) atoms. The number of aromatic nitrogens is 2. The molecule has 3 amide bonds. The molecule has 0 aliphatic carbocycles. The van der Waals surface area contributed by atoms with Crippen molar-refractivity contribution in [1.29, 1.82) is 0 Å². The molecular formula is C31H42N6O6. The maximum atomic E-state index is 12.7. The number of benzene rings is 1. The highest BCUT2D eigenvalue weighted by atomic mass is 16.5. The van der Waals surface area contributed by atoms with Gasteiger partial charge in [-0.1, -0.05) is 26.8 Å². The van der Waals surface area contributed by atoms with Crippen LogP contribution >= 0.6 is 0 Å². The molecule has 1 unspecified atom stereocenters. The van der Waals surface area contributed by atoms with Crippen molar-refractivity contribution in [3.63, 3.8) is 0 Å². The summed E-state index contributed by atoms with van der Waals surface area (Å²) in [6, 6.07) is 6.29. The van der Waals surface area contributed by atoms with E-state index in [-0.39, 0.29) is 36.9 Å². The molecule has 2 aromatic rings. The van der Waals surface area contributed by atoms with Crippen molar-refractivity contribution >= 4 is 29.6 Å². The van der Waals surface area contributed by atoms with Gasteiger partial charge in [-0.05, 0) is 49.9 Å². The molecule has 0 bridgehead atoms. The zero-order valence-corrected chi connectivity index (χ0v) is 25.6. The maximum Gasteiger partial charge on any atom is 0.407 e. The second-order valence-electron chi connectivity index (χ2n) is 11.6. The first-order valence-corrected chi connectivity index (χ1v) is 14.8. The fraction of sp³-hybridized carbons (Fsp3) is 0.516. The van der Waals surface area contributed by atoms with Gasteiger partial charge in [0.25, 0.3) is 0 Å². The molecule has 0 spiro atoms. The largest absolute Gasteiger partial charge is 0.465 e. The number of nitrogens with zero attached hydrogens (tertiary/aromatic N) is 4. The first kappa shape index (κ1) is 31.7. The van der Waals surface area contributed by atoms with Crippen LogP contribution in [0.25, 0.3) is 11.4 Å². The summed E-state index contributed by atoms with van der Waals surface area (Å²) >= 11 is 0. The molecule has 1 saturated heterocycles. The smallest absolute Gasteiger partial charge is 0.407 e. The van der Waals surface area contributed by atoms with Crippen LogP contribution in [-0.2, 0) is 14.3 Å². The van der Waals surface area contributed by atoms with Crippen molar-refractivity contribution in [1.82, 2.24) is 20.2 Å². The van der Waals surface area contributed by atoms with Crippen molar-refractivity contribution in [2.75, 3.05) is 56.2 Å². The number of hydrogen-bond acceptors (Lipinski definition) is 8. The lowest BCUT2D eigenvalue weighted by atomic mass is 9.72. The summed E-state index contributed by atoms with van der Waals surface area (Å²) in [5.74, 6) is 0.562. The lowest BCUT2D eigenvalue weighted by Crippen LogP contribution is -2.47. The Balaban J connectivity index is 1.87. The van der Waals surface area contributed by atoms with Crippen LogP contribution in [-0.4, -0.2) is 84.1 Å². The molecule has 12 heteroatoms. The first-order chi connectivity index (χ1) is 20.5. The topological polar surface area (TPSA) is 146 Å². The number of amides is 3. The molecule has 232 valence electrons. The van der Waals surface area contributed by atoms with E-state index in [1.165, 1.54) is 11.0 Å². The second kappa shape index (κ2) is 13.9. The number of fused-ring (bicyclic) bond motifs is 1. The molecule has 0 saturated carbocycles. The predicted molar refractivity (Wildman–Crippen MR) is 163 cm³/mol. The number of carbonyl (C=O) groups excluding carboxylic acids is 2. The number of ether oxygens (including phenoxy) is 2. The Labute approximate surface area is 252 Å². The van der Waals surface area contributed by atoms with Gasteiger partial charge in [0.2, 0.25) is 0 Å². The molecule has 3 N–H and O–H groups in total. The third kappa shape index (κ3) is 7.61. The molecule has 0 radical (unpaired) electrons. The van der Waals surface area contributed by atoms with E-state index in [1.54, 1.807) is 25.1 Å². The average molecular weight is 595 g/mol. The molecule has 2 aliphatic heterocycles. The van der Waals surface area contributed by atoms with Gasteiger partial charge in [0.15, 0.2) is 5.82 Å². The number of carbonyl (C=O) groups is 3. The Kier molecular flexibility index (Phi) is 10.2. The highest BCUT2D eigenvalue weighted by molar-refractivity contribution is 5.89. The molecule has 2 atom stereocenters. The summed E-state index contributed by atoms with van der Waals surface area (Å²) < 4.78 is 10.7. The Bertz CT molecular complexity index is 1330. The monoisotopic (exact) mass is 594 g/mol. The van der Waals surface area contributed by atoms with Crippen LogP contribution in [0.4, 0.5) is 21.1 Å². The van der Waals surface area contributed by atoms with E-state index in [0.29, 0.717) is 50.1 Å². The highest BCUT2D eigenvalue weighted by Crippen LogP contribution is 2.48. The normalized spacial score (nSPS) is 18.7. The summed E-state index contributed by atoms with van der Waals surface area (Å²) in [4.78, 5) is 50.5. The molecule has 1 fully saturated rings. The Hall–Kier alpha value is -4.19. The van der Waals surface area contributed by atoms with Crippen molar-refractivity contribution in [3.8, 4) is 11.4 Å². The predicted octanol–water partition coefficient (Wildman–Crippen LogP) is 4.80. The van der Waals surface area contributed by atoms with Crippen LogP contribution in [0.15, 0.2) is 36.4 Å². The van der Waals surface area contributed by atoms with Gasteiger partial charge in [-0.3, -0.25) is 4.90 Å². The van der Waals surface area contributed by atoms with Gasteiger partial charge in [0.05, 0.1) is 31.6 Å². The molecule has 4 rings (SSSR count).